The van der Waals surface area contributed by atoms with Crippen LogP contribution in [0.5, 0.6) is 0 Å². The quantitative estimate of drug-likeness (QED) is 0.306. The predicted molar refractivity (Wildman–Crippen MR) is 90.1 cm³/mol. The maximum Gasteiger partial charge on any atom is 0.268 e. The van der Waals surface area contributed by atoms with Gasteiger partial charge in [-0.15, -0.1) is 0 Å². The SMILES string of the molecule is CC(C)OP(=O)([O-])OCCOCCOCCOCCNC(=O)C(C)C. The molecule has 0 radical (unpaired) electrons. The summed E-state index contributed by atoms with van der Waals surface area (Å²) in [4.78, 5) is 22.5. The normalized spacial score (nSPS) is 14.0. The fourth-order valence-corrected chi connectivity index (χ4v) is 2.36. The lowest BCUT2D eigenvalue weighted by Gasteiger charge is -2.24. The van der Waals surface area contributed by atoms with E-state index in [0.29, 0.717) is 39.6 Å². The second kappa shape index (κ2) is 14.6. The first-order valence-electron chi connectivity index (χ1n) is 8.39. The highest BCUT2D eigenvalue weighted by molar-refractivity contribution is 7.45. The second-order valence-corrected chi connectivity index (χ2v) is 7.08. The smallest absolute Gasteiger partial charge is 0.268 e. The molecular formula is C15H31NO8P-. The minimum atomic E-state index is -4.24. The van der Waals surface area contributed by atoms with Gasteiger partial charge in [-0.1, -0.05) is 13.8 Å². The highest BCUT2D eigenvalue weighted by Crippen LogP contribution is 2.39. The van der Waals surface area contributed by atoms with Crippen LogP contribution in [0, 0.1) is 5.92 Å². The molecule has 0 saturated carbocycles. The number of carbonyl (C=O) groups is 1. The van der Waals surface area contributed by atoms with Crippen LogP contribution in [0.15, 0.2) is 0 Å². The van der Waals surface area contributed by atoms with Gasteiger partial charge in [-0.3, -0.25) is 9.36 Å². The number of rotatable bonds is 16. The van der Waals surface area contributed by atoms with Gasteiger partial charge in [-0.25, -0.2) is 0 Å². The number of amides is 1. The van der Waals surface area contributed by atoms with E-state index in [1.54, 1.807) is 13.8 Å². The summed E-state index contributed by atoms with van der Waals surface area (Å²) >= 11 is 0. The molecule has 1 amide bonds. The Morgan fingerprint density at radius 1 is 0.920 bits per heavy atom. The fraction of sp³-hybridized carbons (Fsp3) is 0.933. The largest absolute Gasteiger partial charge is 0.756 e. The van der Waals surface area contributed by atoms with Crippen LogP contribution < -0.4 is 10.2 Å². The molecule has 0 spiro atoms. The van der Waals surface area contributed by atoms with Crippen LogP contribution in [0.4, 0.5) is 0 Å². The van der Waals surface area contributed by atoms with E-state index < -0.39 is 13.9 Å². The number of phosphoric acid groups is 1. The molecule has 0 aliphatic rings. The Balaban J connectivity index is 3.29. The van der Waals surface area contributed by atoms with Crippen LogP contribution in [-0.4, -0.2) is 64.8 Å². The zero-order valence-corrected chi connectivity index (χ0v) is 16.4. The Morgan fingerprint density at radius 3 is 1.88 bits per heavy atom. The molecule has 0 aliphatic heterocycles. The van der Waals surface area contributed by atoms with E-state index in [2.05, 4.69) is 14.4 Å². The first-order chi connectivity index (χ1) is 11.7. The lowest BCUT2D eigenvalue weighted by molar-refractivity contribution is -0.229. The summed E-state index contributed by atoms with van der Waals surface area (Å²) in [6.07, 6.45) is -0.452. The first kappa shape index (κ1) is 24.5. The van der Waals surface area contributed by atoms with E-state index in [9.17, 15) is 14.3 Å². The molecule has 0 fully saturated rings. The highest BCUT2D eigenvalue weighted by Gasteiger charge is 2.11. The van der Waals surface area contributed by atoms with E-state index in [0.717, 1.165) is 0 Å². The van der Waals surface area contributed by atoms with Crippen LogP contribution in [0.25, 0.3) is 0 Å². The molecule has 0 rings (SSSR count). The molecule has 0 saturated heterocycles. The van der Waals surface area contributed by atoms with Gasteiger partial charge < -0.3 is 33.5 Å². The molecule has 1 unspecified atom stereocenters. The van der Waals surface area contributed by atoms with E-state index in [4.69, 9.17) is 14.2 Å². The average Bonchev–Trinajstić information content (AvgIpc) is 2.50. The van der Waals surface area contributed by atoms with Gasteiger partial charge in [0.25, 0.3) is 7.82 Å². The number of carbonyl (C=O) groups excluding carboxylic acids is 1. The maximum absolute atomic E-state index is 11.3. The maximum atomic E-state index is 11.3. The van der Waals surface area contributed by atoms with Gasteiger partial charge in [-0.2, -0.15) is 0 Å². The van der Waals surface area contributed by atoms with Crippen molar-refractivity contribution < 1.29 is 37.5 Å². The minimum absolute atomic E-state index is 0.00470. The molecule has 0 bridgehead atoms. The van der Waals surface area contributed by atoms with Gasteiger partial charge in [0.1, 0.15) is 0 Å². The van der Waals surface area contributed by atoms with Crippen molar-refractivity contribution in [1.29, 1.82) is 0 Å². The molecule has 0 aromatic rings. The Kier molecular flexibility index (Phi) is 14.3. The summed E-state index contributed by atoms with van der Waals surface area (Å²) in [7, 11) is -4.24. The molecule has 0 aromatic carbocycles. The summed E-state index contributed by atoms with van der Waals surface area (Å²) < 4.78 is 36.3. The number of phosphoric ester groups is 1. The summed E-state index contributed by atoms with van der Waals surface area (Å²) in [5.41, 5.74) is 0. The van der Waals surface area contributed by atoms with Crippen molar-refractivity contribution in [2.45, 2.75) is 33.8 Å². The Labute approximate surface area is 149 Å². The van der Waals surface area contributed by atoms with Crippen molar-refractivity contribution in [2.75, 3.05) is 52.8 Å². The first-order valence-corrected chi connectivity index (χ1v) is 9.85. The minimum Gasteiger partial charge on any atom is -0.756 e. The predicted octanol–water partition coefficient (Wildman–Crippen LogP) is 0.718. The molecule has 0 aliphatic carbocycles. The summed E-state index contributed by atoms with van der Waals surface area (Å²) in [6, 6.07) is 0. The van der Waals surface area contributed by atoms with Gasteiger partial charge in [-0.05, 0) is 13.8 Å². The van der Waals surface area contributed by atoms with Crippen LogP contribution in [-0.2, 0) is 32.6 Å². The number of hydrogen-bond acceptors (Lipinski definition) is 8. The molecule has 1 N–H and O–H groups in total. The third-order valence-electron chi connectivity index (χ3n) is 2.63. The molecule has 9 nitrogen and oxygen atoms in total. The highest BCUT2D eigenvalue weighted by atomic mass is 31.2. The second-order valence-electron chi connectivity index (χ2n) is 5.72. The van der Waals surface area contributed by atoms with Crippen molar-refractivity contribution in [2.24, 2.45) is 5.92 Å². The standard InChI is InChI=1S/C15H32NO8P/c1-13(2)15(17)16-5-6-20-7-8-21-9-10-22-11-12-23-25(18,19)24-14(3)4/h13-14H,5-12H2,1-4H3,(H,16,17)(H,18,19)/p-1. The average molecular weight is 384 g/mol. The van der Waals surface area contributed by atoms with Gasteiger partial charge in [0, 0.05) is 12.5 Å². The summed E-state index contributed by atoms with van der Waals surface area (Å²) in [6.45, 7) is 9.33. The van der Waals surface area contributed by atoms with Crippen molar-refractivity contribution in [3.63, 3.8) is 0 Å². The summed E-state index contributed by atoms with van der Waals surface area (Å²) in [5.74, 6) is -0.0258. The van der Waals surface area contributed by atoms with Gasteiger partial charge in [0.15, 0.2) is 0 Å². The van der Waals surface area contributed by atoms with E-state index in [1.807, 2.05) is 13.8 Å². The Morgan fingerprint density at radius 2 is 1.40 bits per heavy atom. The van der Waals surface area contributed by atoms with E-state index >= 15 is 0 Å². The topological polar surface area (TPSA) is 115 Å². The zero-order valence-electron chi connectivity index (χ0n) is 15.5. The fourth-order valence-electron chi connectivity index (χ4n) is 1.49. The molecule has 0 heterocycles. The monoisotopic (exact) mass is 384 g/mol. The van der Waals surface area contributed by atoms with Crippen molar-refractivity contribution in [1.82, 2.24) is 5.32 Å². The molecular weight excluding hydrogens is 353 g/mol. The number of ether oxygens (including phenoxy) is 3. The van der Waals surface area contributed by atoms with E-state index in [1.165, 1.54) is 0 Å². The third-order valence-corrected chi connectivity index (χ3v) is 3.81. The third kappa shape index (κ3) is 16.7. The lowest BCUT2D eigenvalue weighted by Crippen LogP contribution is -2.31. The van der Waals surface area contributed by atoms with Crippen LogP contribution in [0.2, 0.25) is 0 Å². The zero-order chi connectivity index (χ0) is 19.1. The summed E-state index contributed by atoms with van der Waals surface area (Å²) in [5, 5.41) is 2.75. The number of hydrogen-bond donors (Lipinski definition) is 1. The van der Waals surface area contributed by atoms with Crippen molar-refractivity contribution in [3.8, 4) is 0 Å². The molecule has 0 aromatic heterocycles. The van der Waals surface area contributed by atoms with Crippen molar-refractivity contribution >= 4 is 13.7 Å². The van der Waals surface area contributed by atoms with Gasteiger partial charge in [0.05, 0.1) is 52.4 Å². The van der Waals surface area contributed by atoms with Crippen LogP contribution in [0.1, 0.15) is 27.7 Å². The lowest BCUT2D eigenvalue weighted by atomic mass is 10.2. The Hall–Kier alpha value is -0.540. The molecule has 1 atom stereocenters. The molecule has 150 valence electrons. The van der Waals surface area contributed by atoms with Crippen LogP contribution in [0.3, 0.4) is 0 Å². The van der Waals surface area contributed by atoms with Gasteiger partial charge in [0.2, 0.25) is 5.91 Å². The Bertz CT molecular complexity index is 392. The van der Waals surface area contributed by atoms with E-state index in [-0.39, 0.29) is 25.0 Å². The molecule has 10 heteroatoms. The molecule has 25 heavy (non-hydrogen) atoms. The van der Waals surface area contributed by atoms with Gasteiger partial charge >= 0.3 is 0 Å². The van der Waals surface area contributed by atoms with Crippen LogP contribution >= 0.6 is 7.82 Å². The van der Waals surface area contributed by atoms with Crippen molar-refractivity contribution in [3.05, 3.63) is 0 Å². The number of nitrogens with one attached hydrogen (secondary N) is 1.